The molecule has 1 saturated carbocycles. The van der Waals surface area contributed by atoms with Crippen LogP contribution in [0.15, 0.2) is 24.4 Å². The minimum atomic E-state index is 0.113. The molecule has 2 unspecified atom stereocenters. The maximum atomic E-state index is 4.50. The van der Waals surface area contributed by atoms with Crippen molar-refractivity contribution in [3.05, 3.63) is 41.5 Å². The van der Waals surface area contributed by atoms with E-state index in [9.17, 15) is 0 Å². The highest BCUT2D eigenvalue weighted by atomic mass is 15.5. The number of nitrogens with one attached hydrogen (secondary N) is 1. The average molecular weight is 313 g/mol. The van der Waals surface area contributed by atoms with Crippen molar-refractivity contribution in [1.29, 1.82) is 0 Å². The number of hydrogen-bond acceptors (Lipinski definition) is 4. The van der Waals surface area contributed by atoms with E-state index in [4.69, 9.17) is 0 Å². The Morgan fingerprint density at radius 2 is 2.09 bits per heavy atom. The molecule has 5 nitrogen and oxygen atoms in total. The van der Waals surface area contributed by atoms with E-state index in [2.05, 4.69) is 45.3 Å². The van der Waals surface area contributed by atoms with E-state index in [0.29, 0.717) is 5.92 Å². The highest BCUT2D eigenvalue weighted by Gasteiger charge is 2.36. The van der Waals surface area contributed by atoms with Crippen molar-refractivity contribution in [2.75, 3.05) is 0 Å². The lowest BCUT2D eigenvalue weighted by Gasteiger charge is -2.39. The monoisotopic (exact) mass is 313 g/mol. The molecule has 0 saturated heterocycles. The SMILES string of the molecule is Cc1cccc(CNCc2cn(C3(C)CCCCC3C)nn2)n1. The molecular weight excluding hydrogens is 286 g/mol. The molecule has 0 spiro atoms. The van der Waals surface area contributed by atoms with Crippen molar-refractivity contribution in [2.45, 2.75) is 65.1 Å². The molecule has 2 atom stereocenters. The van der Waals surface area contributed by atoms with E-state index in [1.54, 1.807) is 0 Å². The van der Waals surface area contributed by atoms with Crippen LogP contribution in [0.2, 0.25) is 0 Å². The summed E-state index contributed by atoms with van der Waals surface area (Å²) in [7, 11) is 0. The second-order valence-corrected chi connectivity index (χ2v) is 7.03. The number of nitrogens with zero attached hydrogens (tertiary/aromatic N) is 4. The summed E-state index contributed by atoms with van der Waals surface area (Å²) in [5, 5.41) is 12.2. The second kappa shape index (κ2) is 6.79. The lowest BCUT2D eigenvalue weighted by molar-refractivity contribution is 0.120. The van der Waals surface area contributed by atoms with Gasteiger partial charge in [-0.3, -0.25) is 4.98 Å². The van der Waals surface area contributed by atoms with Gasteiger partial charge in [-0.2, -0.15) is 0 Å². The lowest BCUT2D eigenvalue weighted by Crippen LogP contribution is -2.40. The standard InChI is InChI=1S/C18H27N5/c1-14-7-4-5-10-18(14,3)23-13-17(21-22-23)12-19-11-16-9-6-8-15(2)20-16/h6,8-9,13-14,19H,4-5,7,10-12H2,1-3H3. The van der Waals surface area contributed by atoms with Crippen molar-refractivity contribution >= 4 is 0 Å². The molecule has 2 heterocycles. The highest BCUT2D eigenvalue weighted by molar-refractivity contribution is 5.09. The van der Waals surface area contributed by atoms with Crippen LogP contribution >= 0.6 is 0 Å². The van der Waals surface area contributed by atoms with Gasteiger partial charge in [-0.05, 0) is 44.7 Å². The third kappa shape index (κ3) is 3.61. The molecule has 2 aromatic heterocycles. The van der Waals surface area contributed by atoms with Crippen LogP contribution in [-0.2, 0) is 18.6 Å². The van der Waals surface area contributed by atoms with Crippen molar-refractivity contribution < 1.29 is 0 Å². The molecule has 0 bridgehead atoms. The van der Waals surface area contributed by atoms with Crippen molar-refractivity contribution in [2.24, 2.45) is 5.92 Å². The third-order valence-corrected chi connectivity index (χ3v) is 5.25. The molecule has 1 fully saturated rings. The number of aromatic nitrogens is 4. The summed E-state index contributed by atoms with van der Waals surface area (Å²) < 4.78 is 2.10. The molecule has 5 heteroatoms. The van der Waals surface area contributed by atoms with Gasteiger partial charge in [-0.25, -0.2) is 4.68 Å². The molecule has 3 rings (SSSR count). The normalized spacial score (nSPS) is 24.7. The summed E-state index contributed by atoms with van der Waals surface area (Å²) in [6.45, 7) is 8.14. The zero-order valence-corrected chi connectivity index (χ0v) is 14.4. The Balaban J connectivity index is 1.59. The summed E-state index contributed by atoms with van der Waals surface area (Å²) in [5.41, 5.74) is 3.22. The van der Waals surface area contributed by atoms with E-state index in [1.807, 2.05) is 25.1 Å². The van der Waals surface area contributed by atoms with Crippen LogP contribution in [0.25, 0.3) is 0 Å². The van der Waals surface area contributed by atoms with Gasteiger partial charge in [0.15, 0.2) is 0 Å². The number of pyridine rings is 1. The van der Waals surface area contributed by atoms with Crippen molar-refractivity contribution in [1.82, 2.24) is 25.3 Å². The van der Waals surface area contributed by atoms with Gasteiger partial charge in [0.25, 0.3) is 0 Å². The van der Waals surface area contributed by atoms with Crippen LogP contribution in [0.5, 0.6) is 0 Å². The van der Waals surface area contributed by atoms with E-state index < -0.39 is 0 Å². The zero-order valence-electron chi connectivity index (χ0n) is 14.4. The first kappa shape index (κ1) is 16.1. The molecule has 1 aliphatic carbocycles. The molecule has 0 aliphatic heterocycles. The van der Waals surface area contributed by atoms with Gasteiger partial charge < -0.3 is 5.32 Å². The fourth-order valence-electron chi connectivity index (χ4n) is 3.48. The summed E-state index contributed by atoms with van der Waals surface area (Å²) >= 11 is 0. The predicted molar refractivity (Wildman–Crippen MR) is 90.8 cm³/mol. The van der Waals surface area contributed by atoms with Gasteiger partial charge >= 0.3 is 0 Å². The first-order valence-corrected chi connectivity index (χ1v) is 8.63. The molecular formula is C18H27N5. The second-order valence-electron chi connectivity index (χ2n) is 7.03. The first-order chi connectivity index (χ1) is 11.1. The van der Waals surface area contributed by atoms with Crippen LogP contribution in [0.4, 0.5) is 0 Å². The van der Waals surface area contributed by atoms with E-state index in [1.165, 1.54) is 25.7 Å². The maximum absolute atomic E-state index is 4.50. The van der Waals surface area contributed by atoms with Gasteiger partial charge in [-0.1, -0.05) is 31.0 Å². The van der Waals surface area contributed by atoms with Gasteiger partial charge in [0.2, 0.25) is 0 Å². The van der Waals surface area contributed by atoms with Crippen molar-refractivity contribution in [3.8, 4) is 0 Å². The van der Waals surface area contributed by atoms with Gasteiger partial charge in [-0.15, -0.1) is 5.10 Å². The third-order valence-electron chi connectivity index (χ3n) is 5.25. The molecule has 0 aromatic carbocycles. The Labute approximate surface area is 138 Å². The Kier molecular flexibility index (Phi) is 4.76. The minimum absolute atomic E-state index is 0.113. The Bertz CT molecular complexity index is 650. The lowest BCUT2D eigenvalue weighted by atomic mass is 9.75. The number of rotatable bonds is 5. The molecule has 0 amide bonds. The molecule has 23 heavy (non-hydrogen) atoms. The van der Waals surface area contributed by atoms with E-state index in [-0.39, 0.29) is 5.54 Å². The van der Waals surface area contributed by atoms with Crippen molar-refractivity contribution in [3.63, 3.8) is 0 Å². The average Bonchev–Trinajstić information content (AvgIpc) is 3.00. The van der Waals surface area contributed by atoms with E-state index in [0.717, 1.165) is 30.2 Å². The molecule has 124 valence electrons. The zero-order chi connectivity index (χ0) is 16.3. The summed E-state index contributed by atoms with van der Waals surface area (Å²) in [5.74, 6) is 0.648. The predicted octanol–water partition coefficient (Wildman–Crippen LogP) is 3.20. The Hall–Kier alpha value is -1.75. The Morgan fingerprint density at radius 1 is 1.26 bits per heavy atom. The molecule has 0 radical (unpaired) electrons. The van der Waals surface area contributed by atoms with Gasteiger partial charge in [0.05, 0.1) is 23.1 Å². The first-order valence-electron chi connectivity index (χ1n) is 8.63. The van der Waals surface area contributed by atoms with Crippen LogP contribution in [0.1, 0.15) is 56.6 Å². The topological polar surface area (TPSA) is 55.6 Å². The van der Waals surface area contributed by atoms with Gasteiger partial charge in [0.1, 0.15) is 0 Å². The van der Waals surface area contributed by atoms with Gasteiger partial charge in [0, 0.05) is 18.8 Å². The van der Waals surface area contributed by atoms with Crippen LogP contribution < -0.4 is 5.32 Å². The van der Waals surface area contributed by atoms with E-state index >= 15 is 0 Å². The maximum Gasteiger partial charge on any atom is 0.0965 e. The smallest absolute Gasteiger partial charge is 0.0965 e. The summed E-state index contributed by atoms with van der Waals surface area (Å²) in [4.78, 5) is 4.50. The fraction of sp³-hybridized carbons (Fsp3) is 0.611. The molecule has 2 aromatic rings. The Morgan fingerprint density at radius 3 is 2.87 bits per heavy atom. The highest BCUT2D eigenvalue weighted by Crippen LogP contribution is 2.38. The minimum Gasteiger partial charge on any atom is -0.305 e. The fourth-order valence-corrected chi connectivity index (χ4v) is 3.48. The largest absolute Gasteiger partial charge is 0.305 e. The number of aryl methyl sites for hydroxylation is 1. The van der Waals surface area contributed by atoms with Crippen LogP contribution in [-0.4, -0.2) is 20.0 Å². The number of hydrogen-bond donors (Lipinski definition) is 1. The molecule has 1 aliphatic rings. The van der Waals surface area contributed by atoms with Crippen LogP contribution in [0.3, 0.4) is 0 Å². The quantitative estimate of drug-likeness (QED) is 0.921. The summed E-state index contributed by atoms with van der Waals surface area (Å²) in [6, 6.07) is 6.10. The van der Waals surface area contributed by atoms with Crippen LogP contribution in [0, 0.1) is 12.8 Å². The molecule has 1 N–H and O–H groups in total. The summed E-state index contributed by atoms with van der Waals surface area (Å²) in [6.07, 6.45) is 7.20.